The van der Waals surface area contributed by atoms with E-state index in [4.69, 9.17) is 5.11 Å². The third kappa shape index (κ3) is 6.74. The minimum Gasteiger partial charge on any atom is -0.480 e. The van der Waals surface area contributed by atoms with Gasteiger partial charge in [0.05, 0.1) is 0 Å². The molecule has 2 amide bonds. The van der Waals surface area contributed by atoms with Gasteiger partial charge in [0.2, 0.25) is 0 Å². The summed E-state index contributed by atoms with van der Waals surface area (Å²) in [6.07, 6.45) is 3.35. The molecule has 0 saturated carbocycles. The van der Waals surface area contributed by atoms with Gasteiger partial charge in [-0.05, 0) is 24.3 Å². The predicted octanol–water partition coefficient (Wildman–Crippen LogP) is 1.88. The second-order valence-electron chi connectivity index (χ2n) is 4.52. The van der Waals surface area contributed by atoms with Crippen molar-refractivity contribution in [1.82, 2.24) is 10.2 Å². The Morgan fingerprint density at radius 3 is 2.50 bits per heavy atom. The highest BCUT2D eigenvalue weighted by molar-refractivity contribution is 7.98. The molecule has 106 valence electrons. The van der Waals surface area contributed by atoms with Crippen LogP contribution in [-0.4, -0.2) is 53.6 Å². The van der Waals surface area contributed by atoms with Gasteiger partial charge in [-0.2, -0.15) is 11.8 Å². The fraction of sp³-hybridized carbons (Fsp3) is 0.833. The van der Waals surface area contributed by atoms with Gasteiger partial charge in [-0.25, -0.2) is 9.59 Å². The van der Waals surface area contributed by atoms with E-state index >= 15 is 0 Å². The van der Waals surface area contributed by atoms with Crippen LogP contribution < -0.4 is 5.32 Å². The van der Waals surface area contributed by atoms with E-state index in [0.29, 0.717) is 24.6 Å². The van der Waals surface area contributed by atoms with Gasteiger partial charge >= 0.3 is 12.0 Å². The summed E-state index contributed by atoms with van der Waals surface area (Å²) in [7, 11) is 1.69. The van der Waals surface area contributed by atoms with Crippen molar-refractivity contribution >= 4 is 23.8 Å². The van der Waals surface area contributed by atoms with Gasteiger partial charge in [0, 0.05) is 13.6 Å². The molecule has 0 rings (SSSR count). The molecule has 0 fully saturated rings. The Morgan fingerprint density at radius 1 is 1.44 bits per heavy atom. The van der Waals surface area contributed by atoms with Gasteiger partial charge in [-0.3, -0.25) is 0 Å². The first-order valence-corrected chi connectivity index (χ1v) is 7.55. The lowest BCUT2D eigenvalue weighted by Gasteiger charge is -2.23. The maximum absolute atomic E-state index is 11.8. The van der Waals surface area contributed by atoms with Gasteiger partial charge in [0.15, 0.2) is 0 Å². The Kier molecular flexibility index (Phi) is 8.62. The summed E-state index contributed by atoms with van der Waals surface area (Å²) in [6, 6.07) is -1.12. The number of urea groups is 1. The van der Waals surface area contributed by atoms with Crippen molar-refractivity contribution in [2.45, 2.75) is 32.7 Å². The van der Waals surface area contributed by atoms with Crippen molar-refractivity contribution in [2.75, 3.05) is 25.6 Å². The number of nitrogens with one attached hydrogen (secondary N) is 1. The van der Waals surface area contributed by atoms with E-state index in [9.17, 15) is 9.59 Å². The number of carboxylic acids is 1. The fourth-order valence-corrected chi connectivity index (χ4v) is 1.90. The van der Waals surface area contributed by atoms with Gasteiger partial charge in [-0.15, -0.1) is 0 Å². The number of carboxylic acid groups (broad SMARTS) is 1. The number of hydrogen-bond acceptors (Lipinski definition) is 3. The quantitative estimate of drug-likeness (QED) is 0.710. The van der Waals surface area contributed by atoms with Crippen LogP contribution in [0.5, 0.6) is 0 Å². The van der Waals surface area contributed by atoms with E-state index < -0.39 is 12.0 Å². The summed E-state index contributed by atoms with van der Waals surface area (Å²) in [4.78, 5) is 24.4. The first-order chi connectivity index (χ1) is 8.42. The Bertz CT molecular complexity index is 274. The first-order valence-electron chi connectivity index (χ1n) is 6.15. The van der Waals surface area contributed by atoms with E-state index in [2.05, 4.69) is 19.2 Å². The minimum atomic E-state index is -0.977. The summed E-state index contributed by atoms with van der Waals surface area (Å²) >= 11 is 1.57. The van der Waals surface area contributed by atoms with Crippen molar-refractivity contribution in [3.8, 4) is 0 Å². The molecule has 0 saturated heterocycles. The molecule has 5 nitrogen and oxygen atoms in total. The number of thioether (sulfide) groups is 1. The van der Waals surface area contributed by atoms with E-state index in [1.807, 2.05) is 6.26 Å². The topological polar surface area (TPSA) is 69.6 Å². The zero-order valence-electron chi connectivity index (χ0n) is 11.6. The van der Waals surface area contributed by atoms with Gasteiger partial charge in [0.1, 0.15) is 6.04 Å². The van der Waals surface area contributed by atoms with Crippen LogP contribution in [0.4, 0.5) is 4.79 Å². The van der Waals surface area contributed by atoms with Crippen LogP contribution in [0.15, 0.2) is 0 Å². The zero-order valence-corrected chi connectivity index (χ0v) is 12.4. The molecule has 2 N–H and O–H groups in total. The van der Waals surface area contributed by atoms with Crippen LogP contribution in [0.25, 0.3) is 0 Å². The Morgan fingerprint density at radius 2 is 2.06 bits per heavy atom. The maximum atomic E-state index is 11.8. The molecule has 6 heteroatoms. The molecule has 0 aliphatic rings. The molecule has 0 heterocycles. The second-order valence-corrected chi connectivity index (χ2v) is 5.50. The number of aliphatic carboxylic acids is 1. The Hall–Kier alpha value is -0.910. The molecule has 0 spiro atoms. The predicted molar refractivity (Wildman–Crippen MR) is 75.0 cm³/mol. The van der Waals surface area contributed by atoms with Crippen LogP contribution in [0.2, 0.25) is 0 Å². The smallest absolute Gasteiger partial charge is 0.326 e. The third-order valence-corrected chi connectivity index (χ3v) is 3.48. The number of carbonyl (C=O) groups excluding carboxylic acids is 1. The zero-order chi connectivity index (χ0) is 14.1. The SMILES string of the molecule is CCC(C)CN(C)C(=O)N[C@H](CCSC)C(=O)O. The molecule has 0 aliphatic heterocycles. The van der Waals surface area contributed by atoms with E-state index in [0.717, 1.165) is 6.42 Å². The first kappa shape index (κ1) is 17.1. The standard InChI is InChI=1S/C12H24N2O3S/c1-5-9(2)8-14(3)12(17)13-10(11(15)16)6-7-18-4/h9-10H,5-8H2,1-4H3,(H,13,17)(H,15,16)/t9?,10-/m1/s1. The van der Waals surface area contributed by atoms with Gasteiger partial charge in [0.25, 0.3) is 0 Å². The highest BCUT2D eigenvalue weighted by Crippen LogP contribution is 2.05. The van der Waals surface area contributed by atoms with Gasteiger partial charge < -0.3 is 15.3 Å². The second kappa shape index (κ2) is 9.08. The molecular weight excluding hydrogens is 252 g/mol. The molecule has 0 aromatic carbocycles. The summed E-state index contributed by atoms with van der Waals surface area (Å²) < 4.78 is 0. The molecule has 0 aromatic rings. The molecule has 18 heavy (non-hydrogen) atoms. The average Bonchev–Trinajstić information content (AvgIpc) is 2.33. The summed E-state index contributed by atoms with van der Waals surface area (Å²) in [6.45, 7) is 4.76. The van der Waals surface area contributed by atoms with Crippen LogP contribution >= 0.6 is 11.8 Å². The minimum absolute atomic E-state index is 0.316. The highest BCUT2D eigenvalue weighted by Gasteiger charge is 2.21. The average molecular weight is 276 g/mol. The van der Waals surface area contributed by atoms with Crippen molar-refractivity contribution < 1.29 is 14.7 Å². The van der Waals surface area contributed by atoms with Crippen molar-refractivity contribution in [3.63, 3.8) is 0 Å². The Balaban J connectivity index is 4.27. The lowest BCUT2D eigenvalue weighted by Crippen LogP contribution is -2.47. The van der Waals surface area contributed by atoms with Crippen LogP contribution in [-0.2, 0) is 4.79 Å². The van der Waals surface area contributed by atoms with Crippen LogP contribution in [0, 0.1) is 5.92 Å². The van der Waals surface area contributed by atoms with Crippen molar-refractivity contribution in [3.05, 3.63) is 0 Å². The van der Waals surface area contributed by atoms with E-state index in [1.54, 1.807) is 23.7 Å². The fourth-order valence-electron chi connectivity index (χ4n) is 1.43. The van der Waals surface area contributed by atoms with E-state index in [1.165, 1.54) is 0 Å². The maximum Gasteiger partial charge on any atom is 0.326 e. The summed E-state index contributed by atoms with van der Waals surface area (Å²) in [5, 5.41) is 11.6. The molecular formula is C12H24N2O3S. The van der Waals surface area contributed by atoms with Crippen molar-refractivity contribution in [1.29, 1.82) is 0 Å². The highest BCUT2D eigenvalue weighted by atomic mass is 32.2. The number of nitrogens with zero attached hydrogens (tertiary/aromatic N) is 1. The third-order valence-electron chi connectivity index (χ3n) is 2.84. The molecule has 1 unspecified atom stereocenters. The Labute approximate surface area is 113 Å². The molecule has 2 atom stereocenters. The number of hydrogen-bond donors (Lipinski definition) is 2. The summed E-state index contributed by atoms with van der Waals surface area (Å²) in [5.74, 6) is 0.149. The van der Waals surface area contributed by atoms with E-state index in [-0.39, 0.29) is 6.03 Å². The largest absolute Gasteiger partial charge is 0.480 e. The summed E-state index contributed by atoms with van der Waals surface area (Å²) in [5.41, 5.74) is 0. The monoisotopic (exact) mass is 276 g/mol. The van der Waals surface area contributed by atoms with Crippen LogP contribution in [0.3, 0.4) is 0 Å². The van der Waals surface area contributed by atoms with Crippen molar-refractivity contribution in [2.24, 2.45) is 5.92 Å². The van der Waals surface area contributed by atoms with Gasteiger partial charge in [-0.1, -0.05) is 20.3 Å². The molecule has 0 aliphatic carbocycles. The molecule has 0 radical (unpaired) electrons. The number of rotatable bonds is 8. The number of carbonyl (C=O) groups is 2. The molecule has 0 bridgehead atoms. The normalized spacial score (nSPS) is 13.8. The molecule has 0 aromatic heterocycles. The van der Waals surface area contributed by atoms with Crippen LogP contribution in [0.1, 0.15) is 26.7 Å². The lowest BCUT2D eigenvalue weighted by atomic mass is 10.1. The lowest BCUT2D eigenvalue weighted by molar-refractivity contribution is -0.139. The number of amides is 2.